The first-order valence-electron chi connectivity index (χ1n) is 3.92. The van der Waals surface area contributed by atoms with E-state index in [1.165, 1.54) is 6.07 Å². The number of rotatable bonds is 4. The van der Waals surface area contributed by atoms with Crippen molar-refractivity contribution in [3.63, 3.8) is 0 Å². The van der Waals surface area contributed by atoms with Gasteiger partial charge in [-0.25, -0.2) is 9.18 Å². The Hall–Kier alpha value is -1.91. The van der Waals surface area contributed by atoms with E-state index in [1.54, 1.807) is 18.2 Å². The highest BCUT2D eigenvalue weighted by atomic mass is 19.1. The largest absolute Gasteiger partial charge is 0.477 e. The Morgan fingerprint density at radius 1 is 1.57 bits per heavy atom. The summed E-state index contributed by atoms with van der Waals surface area (Å²) in [6.45, 7) is 0.163. The van der Waals surface area contributed by atoms with Gasteiger partial charge in [0.1, 0.15) is 12.0 Å². The van der Waals surface area contributed by atoms with Crippen LogP contribution in [0.4, 0.5) is 4.39 Å². The van der Waals surface area contributed by atoms with Gasteiger partial charge in [-0.3, -0.25) is 0 Å². The number of hydrogen-bond acceptors (Lipinski definition) is 3. The Morgan fingerprint density at radius 2 is 2.29 bits per heavy atom. The third-order valence-electron chi connectivity index (χ3n) is 1.49. The van der Waals surface area contributed by atoms with E-state index < -0.39 is 5.97 Å². The number of aliphatic carboxylic acids is 1. The highest BCUT2D eigenvalue weighted by molar-refractivity contribution is 6.21. The molecule has 2 N–H and O–H groups in total. The van der Waals surface area contributed by atoms with Crippen molar-refractivity contribution in [1.29, 1.82) is 0 Å². The maximum Gasteiger partial charge on any atom is 0.348 e. The van der Waals surface area contributed by atoms with Gasteiger partial charge in [0.05, 0.1) is 6.54 Å². The number of benzene rings is 1. The minimum atomic E-state index is -1.15. The lowest BCUT2D eigenvalue weighted by Gasteiger charge is -2.00. The normalized spacial score (nSPS) is 10.4. The monoisotopic (exact) mass is 196 g/mol. The first kappa shape index (κ1) is 10.2. The van der Waals surface area contributed by atoms with Crippen molar-refractivity contribution >= 4 is 12.2 Å². The molecule has 0 aliphatic heterocycles. The summed E-state index contributed by atoms with van der Waals surface area (Å²) in [6, 6.07) is 6.21. The summed E-state index contributed by atoms with van der Waals surface area (Å²) < 4.78 is 13.0. The highest BCUT2D eigenvalue weighted by Crippen LogP contribution is 2.04. The zero-order chi connectivity index (χ0) is 10.4. The van der Waals surface area contributed by atoms with E-state index in [-0.39, 0.29) is 12.4 Å². The minimum Gasteiger partial charge on any atom is -0.477 e. The van der Waals surface area contributed by atoms with Crippen molar-refractivity contribution < 1.29 is 14.3 Å². The molecule has 0 aromatic heterocycles. The Bertz CT molecular complexity index is 352. The van der Waals surface area contributed by atoms with Gasteiger partial charge in [0.25, 0.3) is 0 Å². The van der Waals surface area contributed by atoms with Gasteiger partial charge in [-0.05, 0) is 6.07 Å². The number of hydrogen-bond donors (Lipinski definition) is 2. The molecule has 0 radical (unpaired) electrons. The van der Waals surface area contributed by atoms with Gasteiger partial charge in [0.15, 0.2) is 0 Å². The number of nitrogens with one attached hydrogen (secondary N) is 1. The van der Waals surface area contributed by atoms with E-state index in [1.807, 2.05) is 0 Å². The van der Waals surface area contributed by atoms with Crippen LogP contribution in [-0.2, 0) is 11.3 Å². The first-order valence-corrected chi connectivity index (χ1v) is 3.92. The molecule has 0 spiro atoms. The summed E-state index contributed by atoms with van der Waals surface area (Å²) in [4.78, 5) is 10.0. The molecule has 0 heterocycles. The van der Waals surface area contributed by atoms with Crippen LogP contribution in [0.5, 0.6) is 0 Å². The number of carboxylic acids is 1. The molecule has 0 bridgehead atoms. The van der Waals surface area contributed by atoms with Crippen molar-refractivity contribution in [2.45, 2.75) is 6.54 Å². The number of carboxylic acid groups (broad SMARTS) is 1. The molecule has 0 aliphatic carbocycles. The van der Waals surface area contributed by atoms with Crippen LogP contribution in [0.3, 0.4) is 0 Å². The molecule has 1 rings (SSSR count). The maximum atomic E-state index is 13.0. The van der Waals surface area contributed by atoms with E-state index in [2.05, 4.69) is 10.5 Å². The summed E-state index contributed by atoms with van der Waals surface area (Å²) in [5, 5.41) is 11.6. The summed E-state index contributed by atoms with van der Waals surface area (Å²) in [7, 11) is 0. The molecule has 1 aromatic carbocycles. The van der Waals surface area contributed by atoms with Gasteiger partial charge in [0.2, 0.25) is 0 Å². The molecule has 14 heavy (non-hydrogen) atoms. The second-order valence-electron chi connectivity index (χ2n) is 2.52. The van der Waals surface area contributed by atoms with Gasteiger partial charge < -0.3 is 10.5 Å². The fourth-order valence-corrected chi connectivity index (χ4v) is 0.873. The quantitative estimate of drug-likeness (QED) is 0.557. The molecular weight excluding hydrogens is 187 g/mol. The zero-order valence-corrected chi connectivity index (χ0v) is 7.27. The van der Waals surface area contributed by atoms with E-state index >= 15 is 0 Å². The van der Waals surface area contributed by atoms with Crippen LogP contribution in [0.2, 0.25) is 0 Å². The van der Waals surface area contributed by atoms with Crippen molar-refractivity contribution in [3.05, 3.63) is 35.6 Å². The van der Waals surface area contributed by atoms with E-state index in [0.717, 1.165) is 0 Å². The second kappa shape index (κ2) is 4.96. The molecular formula is C9H9FN2O2. The first-order chi connectivity index (χ1) is 6.70. The molecule has 0 saturated heterocycles. The number of hydrazone groups is 1. The Labute approximate surface area is 80.1 Å². The lowest BCUT2D eigenvalue weighted by molar-refractivity contribution is -0.128. The van der Waals surface area contributed by atoms with Crippen molar-refractivity contribution in [3.8, 4) is 0 Å². The lowest BCUT2D eigenvalue weighted by atomic mass is 10.2. The molecule has 0 fully saturated rings. The standard InChI is InChI=1S/C9H9FN2O2/c10-8-4-2-1-3-7(8)5-11-12-6-9(13)14/h1-4,6,11H,5H2,(H,13,14). The zero-order valence-electron chi connectivity index (χ0n) is 7.27. The van der Waals surface area contributed by atoms with Crippen LogP contribution in [0.15, 0.2) is 29.4 Å². The van der Waals surface area contributed by atoms with Gasteiger partial charge in [-0.15, -0.1) is 0 Å². The summed E-state index contributed by atoms with van der Waals surface area (Å²) in [5.74, 6) is -1.49. The fraction of sp³-hybridized carbons (Fsp3) is 0.111. The van der Waals surface area contributed by atoms with Gasteiger partial charge in [0, 0.05) is 5.56 Å². The summed E-state index contributed by atoms with van der Waals surface area (Å²) >= 11 is 0. The minimum absolute atomic E-state index is 0.163. The van der Waals surface area contributed by atoms with Crippen molar-refractivity contribution in [2.75, 3.05) is 0 Å². The van der Waals surface area contributed by atoms with Crippen LogP contribution in [0.25, 0.3) is 0 Å². The molecule has 74 valence electrons. The number of halogens is 1. The SMILES string of the molecule is O=C(O)C=NNCc1ccccc1F. The van der Waals surface area contributed by atoms with Gasteiger partial charge in [-0.2, -0.15) is 5.10 Å². The fourth-order valence-electron chi connectivity index (χ4n) is 0.873. The van der Waals surface area contributed by atoms with E-state index in [0.29, 0.717) is 11.8 Å². The molecule has 0 atom stereocenters. The maximum absolute atomic E-state index is 13.0. The molecule has 0 amide bonds. The summed E-state index contributed by atoms with van der Waals surface area (Å²) in [5.41, 5.74) is 2.86. The predicted octanol–water partition coefficient (Wildman–Crippen LogP) is 0.986. The highest BCUT2D eigenvalue weighted by Gasteiger charge is 1.97. The Balaban J connectivity index is 2.46. The van der Waals surface area contributed by atoms with E-state index in [9.17, 15) is 9.18 Å². The topological polar surface area (TPSA) is 61.7 Å². The molecule has 4 nitrogen and oxygen atoms in total. The average Bonchev–Trinajstić information content (AvgIpc) is 2.15. The van der Waals surface area contributed by atoms with Crippen LogP contribution in [0, 0.1) is 5.82 Å². The van der Waals surface area contributed by atoms with Gasteiger partial charge in [-0.1, -0.05) is 18.2 Å². The van der Waals surface area contributed by atoms with E-state index in [4.69, 9.17) is 5.11 Å². The van der Waals surface area contributed by atoms with Crippen LogP contribution in [-0.4, -0.2) is 17.3 Å². The lowest BCUT2D eigenvalue weighted by Crippen LogP contribution is -2.09. The van der Waals surface area contributed by atoms with Crippen molar-refractivity contribution in [1.82, 2.24) is 5.43 Å². The van der Waals surface area contributed by atoms with Crippen LogP contribution >= 0.6 is 0 Å². The summed E-state index contributed by atoms with van der Waals surface area (Å²) in [6.07, 6.45) is 0.709. The Morgan fingerprint density at radius 3 is 2.93 bits per heavy atom. The second-order valence-corrected chi connectivity index (χ2v) is 2.52. The molecule has 0 saturated carbocycles. The molecule has 1 aromatic rings. The van der Waals surface area contributed by atoms with Crippen LogP contribution in [0.1, 0.15) is 5.56 Å². The van der Waals surface area contributed by atoms with Crippen molar-refractivity contribution in [2.24, 2.45) is 5.10 Å². The van der Waals surface area contributed by atoms with Gasteiger partial charge >= 0.3 is 5.97 Å². The predicted molar refractivity (Wildman–Crippen MR) is 49.4 cm³/mol. The third-order valence-corrected chi connectivity index (χ3v) is 1.49. The van der Waals surface area contributed by atoms with Crippen LogP contribution < -0.4 is 5.43 Å². The number of carbonyl (C=O) groups is 1. The molecule has 0 aliphatic rings. The average molecular weight is 196 g/mol. The smallest absolute Gasteiger partial charge is 0.348 e. The molecule has 5 heteroatoms. The Kier molecular flexibility index (Phi) is 3.60. The molecule has 0 unspecified atom stereocenters. The third kappa shape index (κ3) is 3.22. The number of nitrogens with zero attached hydrogens (tertiary/aromatic N) is 1.